The first-order chi connectivity index (χ1) is 5.49. The van der Waals surface area contributed by atoms with Crippen LogP contribution in [0.1, 0.15) is 6.92 Å². The molecule has 0 unspecified atom stereocenters. The third-order valence-electron chi connectivity index (χ3n) is 1.33. The molecule has 0 amide bonds. The first-order valence-electron chi connectivity index (χ1n) is 3.63. The maximum atomic E-state index is 5.15. The second-order valence-electron chi connectivity index (χ2n) is 2.54. The molecule has 12 heavy (non-hydrogen) atoms. The lowest BCUT2D eigenvalue weighted by atomic mass is 10.7. The average molecular weight is 222 g/mol. The highest BCUT2D eigenvalue weighted by atomic mass is 32.2. The van der Waals surface area contributed by atoms with Gasteiger partial charge >= 0.3 is 0 Å². The normalized spacial score (nSPS) is 9.33. The minimum absolute atomic E-state index is 0.806. The van der Waals surface area contributed by atoms with Crippen molar-refractivity contribution in [1.29, 1.82) is 0 Å². The minimum Gasteiger partial charge on any atom is -0.363 e. The van der Waals surface area contributed by atoms with Crippen LogP contribution in [-0.4, -0.2) is 46.1 Å². The molecule has 0 heterocycles. The van der Waals surface area contributed by atoms with Gasteiger partial charge < -0.3 is 9.80 Å². The van der Waals surface area contributed by atoms with Crippen molar-refractivity contribution in [3.63, 3.8) is 0 Å². The summed E-state index contributed by atoms with van der Waals surface area (Å²) in [5, 5.41) is 0. The Balaban J connectivity index is 3.93. The molecular formula is C7H14N2S3. The van der Waals surface area contributed by atoms with E-state index in [9.17, 15) is 0 Å². The van der Waals surface area contributed by atoms with E-state index in [0.29, 0.717) is 0 Å². The molecule has 0 aromatic heterocycles. The van der Waals surface area contributed by atoms with Crippen molar-refractivity contribution in [2.45, 2.75) is 6.92 Å². The number of nitrogens with zero attached hydrogens (tertiary/aromatic N) is 2. The van der Waals surface area contributed by atoms with E-state index in [2.05, 4.69) is 6.92 Å². The van der Waals surface area contributed by atoms with E-state index in [4.69, 9.17) is 24.4 Å². The van der Waals surface area contributed by atoms with Gasteiger partial charge in [0.1, 0.15) is 8.64 Å². The van der Waals surface area contributed by atoms with Crippen LogP contribution >= 0.6 is 36.2 Å². The van der Waals surface area contributed by atoms with Gasteiger partial charge in [0.2, 0.25) is 0 Å². The summed E-state index contributed by atoms with van der Waals surface area (Å²) >= 11 is 11.7. The topological polar surface area (TPSA) is 6.48 Å². The highest BCUT2D eigenvalue weighted by Gasteiger charge is 2.07. The van der Waals surface area contributed by atoms with Crippen molar-refractivity contribution in [2.24, 2.45) is 0 Å². The highest BCUT2D eigenvalue weighted by molar-refractivity contribution is 8.37. The first-order valence-corrected chi connectivity index (χ1v) is 5.26. The molecule has 0 aromatic rings. The largest absolute Gasteiger partial charge is 0.363 e. The van der Waals surface area contributed by atoms with Gasteiger partial charge in [-0.05, 0) is 18.7 Å². The molecule has 0 aliphatic carbocycles. The zero-order valence-corrected chi connectivity index (χ0v) is 10.3. The van der Waals surface area contributed by atoms with E-state index in [1.54, 1.807) is 0 Å². The van der Waals surface area contributed by atoms with Crippen molar-refractivity contribution in [3.8, 4) is 0 Å². The fourth-order valence-electron chi connectivity index (χ4n) is 0.373. The molecule has 0 saturated carbocycles. The molecule has 0 radical (unpaired) electrons. The molecule has 0 bridgehead atoms. The van der Waals surface area contributed by atoms with Crippen LogP contribution in [0.15, 0.2) is 0 Å². The van der Waals surface area contributed by atoms with Gasteiger partial charge in [0.15, 0.2) is 0 Å². The Morgan fingerprint density at radius 1 is 1.17 bits per heavy atom. The predicted octanol–water partition coefficient (Wildman–Crippen LogP) is 1.80. The summed E-state index contributed by atoms with van der Waals surface area (Å²) in [6, 6.07) is 0. The van der Waals surface area contributed by atoms with Crippen molar-refractivity contribution < 1.29 is 0 Å². The number of thioether (sulfide) groups is 1. The smallest absolute Gasteiger partial charge is 0.143 e. The van der Waals surface area contributed by atoms with Crippen LogP contribution in [-0.2, 0) is 0 Å². The number of thiocarbonyl (C=S) groups is 2. The van der Waals surface area contributed by atoms with Crippen LogP contribution in [0.5, 0.6) is 0 Å². The molecule has 70 valence electrons. The average Bonchev–Trinajstić information content (AvgIpc) is 2.02. The number of hydrogen-bond donors (Lipinski definition) is 0. The van der Waals surface area contributed by atoms with Crippen LogP contribution in [0.3, 0.4) is 0 Å². The van der Waals surface area contributed by atoms with E-state index >= 15 is 0 Å². The SMILES string of the molecule is CCN(C)C(=S)SC(=S)N(C)C. The molecule has 0 spiro atoms. The standard InChI is InChI=1S/C7H14N2S3/c1-5-9(4)7(11)12-6(10)8(2)3/h5H2,1-4H3. The molecule has 0 saturated heterocycles. The summed E-state index contributed by atoms with van der Waals surface area (Å²) in [6.07, 6.45) is 0. The van der Waals surface area contributed by atoms with Crippen LogP contribution in [0.4, 0.5) is 0 Å². The molecule has 0 aromatic carbocycles. The second-order valence-corrected chi connectivity index (χ2v) is 4.81. The lowest BCUT2D eigenvalue weighted by Crippen LogP contribution is -2.26. The zero-order chi connectivity index (χ0) is 9.72. The molecule has 0 fully saturated rings. The number of rotatable bonds is 1. The molecule has 5 heteroatoms. The highest BCUT2D eigenvalue weighted by Crippen LogP contribution is 2.11. The van der Waals surface area contributed by atoms with Crippen molar-refractivity contribution in [2.75, 3.05) is 27.7 Å². The molecule has 0 aliphatic heterocycles. The lowest BCUT2D eigenvalue weighted by Gasteiger charge is -2.19. The van der Waals surface area contributed by atoms with E-state index in [1.807, 2.05) is 30.9 Å². The zero-order valence-electron chi connectivity index (χ0n) is 7.83. The fourth-order valence-corrected chi connectivity index (χ4v) is 1.75. The summed E-state index contributed by atoms with van der Waals surface area (Å²) in [7, 11) is 5.81. The summed E-state index contributed by atoms with van der Waals surface area (Å²) in [5.74, 6) is 0. The summed E-state index contributed by atoms with van der Waals surface area (Å²) in [4.78, 5) is 3.88. The van der Waals surface area contributed by atoms with Crippen LogP contribution in [0.25, 0.3) is 0 Å². The fraction of sp³-hybridized carbons (Fsp3) is 0.714. The first kappa shape index (κ1) is 12.1. The van der Waals surface area contributed by atoms with Gasteiger partial charge in [-0.2, -0.15) is 0 Å². The Labute approximate surface area is 89.3 Å². The third-order valence-corrected chi connectivity index (χ3v) is 3.53. The Morgan fingerprint density at radius 3 is 2.00 bits per heavy atom. The van der Waals surface area contributed by atoms with Crippen molar-refractivity contribution in [3.05, 3.63) is 0 Å². The Bertz CT molecular complexity index is 179. The van der Waals surface area contributed by atoms with E-state index in [1.165, 1.54) is 11.8 Å². The third kappa shape index (κ3) is 4.23. The Kier molecular flexibility index (Phi) is 5.78. The molecule has 0 atom stereocenters. The lowest BCUT2D eigenvalue weighted by molar-refractivity contribution is 0.555. The van der Waals surface area contributed by atoms with Crippen LogP contribution in [0.2, 0.25) is 0 Å². The van der Waals surface area contributed by atoms with Crippen LogP contribution < -0.4 is 0 Å². The van der Waals surface area contributed by atoms with Crippen molar-refractivity contribution in [1.82, 2.24) is 9.80 Å². The quantitative estimate of drug-likeness (QED) is 0.622. The van der Waals surface area contributed by atoms with E-state index in [-0.39, 0.29) is 0 Å². The van der Waals surface area contributed by atoms with Crippen LogP contribution in [0, 0.1) is 0 Å². The summed E-state index contributed by atoms with van der Waals surface area (Å²) < 4.78 is 1.64. The van der Waals surface area contributed by atoms with Gasteiger partial charge in [-0.3, -0.25) is 0 Å². The monoisotopic (exact) mass is 222 g/mol. The summed E-state index contributed by atoms with van der Waals surface area (Å²) in [6.45, 7) is 2.98. The van der Waals surface area contributed by atoms with Gasteiger partial charge in [-0.15, -0.1) is 0 Å². The second kappa shape index (κ2) is 5.72. The maximum absolute atomic E-state index is 5.15. The van der Waals surface area contributed by atoms with Crippen molar-refractivity contribution >= 4 is 44.8 Å². The van der Waals surface area contributed by atoms with Gasteiger partial charge in [0.05, 0.1) is 0 Å². The predicted molar refractivity (Wildman–Crippen MR) is 64.8 cm³/mol. The Hall–Kier alpha value is 0.130. The maximum Gasteiger partial charge on any atom is 0.143 e. The van der Waals surface area contributed by atoms with Gasteiger partial charge in [-0.1, -0.05) is 24.4 Å². The van der Waals surface area contributed by atoms with Gasteiger partial charge in [0.25, 0.3) is 0 Å². The molecule has 0 aliphatic rings. The molecule has 0 N–H and O–H groups in total. The van der Waals surface area contributed by atoms with Gasteiger partial charge in [0, 0.05) is 27.7 Å². The molecule has 0 rings (SSSR count). The Morgan fingerprint density at radius 2 is 1.67 bits per heavy atom. The molecule has 2 nitrogen and oxygen atoms in total. The van der Waals surface area contributed by atoms with E-state index in [0.717, 1.165) is 15.2 Å². The minimum atomic E-state index is 0.806. The molecular weight excluding hydrogens is 208 g/mol. The summed E-state index contributed by atoms with van der Waals surface area (Å²) in [5.41, 5.74) is 0. The van der Waals surface area contributed by atoms with E-state index < -0.39 is 0 Å². The number of hydrogen-bond acceptors (Lipinski definition) is 3. The van der Waals surface area contributed by atoms with Gasteiger partial charge in [-0.25, -0.2) is 0 Å².